The fourth-order valence-corrected chi connectivity index (χ4v) is 3.55. The number of hydrogen-bond donors (Lipinski definition) is 2. The van der Waals surface area contributed by atoms with E-state index >= 15 is 0 Å². The van der Waals surface area contributed by atoms with Gasteiger partial charge in [0.1, 0.15) is 0 Å². The van der Waals surface area contributed by atoms with Crippen LogP contribution in [0.5, 0.6) is 0 Å². The van der Waals surface area contributed by atoms with Crippen LogP contribution in [0.1, 0.15) is 41.8 Å². The Kier molecular flexibility index (Phi) is 6.94. The summed E-state index contributed by atoms with van der Waals surface area (Å²) in [6, 6.07) is 13.9. The van der Waals surface area contributed by atoms with Crippen LogP contribution < -0.4 is 10.0 Å². The topological polar surface area (TPSA) is 75.3 Å². The number of benzene rings is 2. The first-order chi connectivity index (χ1) is 12.3. The third kappa shape index (κ3) is 5.68. The van der Waals surface area contributed by atoms with Crippen molar-refractivity contribution in [2.24, 2.45) is 5.92 Å². The van der Waals surface area contributed by atoms with Crippen molar-refractivity contribution in [2.45, 2.75) is 38.6 Å². The number of aryl methyl sites for hydroxylation is 1. The van der Waals surface area contributed by atoms with Crippen LogP contribution in [0.25, 0.3) is 0 Å². The molecule has 2 aromatic rings. The Bertz CT molecular complexity index is 861. The second kappa shape index (κ2) is 8.96. The monoisotopic (exact) mass is 374 g/mol. The predicted octanol–water partition coefficient (Wildman–Crippen LogP) is 3.25. The highest BCUT2D eigenvalue weighted by molar-refractivity contribution is 7.89. The van der Waals surface area contributed by atoms with Crippen LogP contribution in [0, 0.1) is 12.8 Å². The van der Waals surface area contributed by atoms with Crippen molar-refractivity contribution >= 4 is 15.9 Å². The summed E-state index contributed by atoms with van der Waals surface area (Å²) in [5.41, 5.74) is 2.45. The van der Waals surface area contributed by atoms with Gasteiger partial charge in [0, 0.05) is 18.7 Å². The van der Waals surface area contributed by atoms with Gasteiger partial charge >= 0.3 is 0 Å². The van der Waals surface area contributed by atoms with Gasteiger partial charge in [-0.15, -0.1) is 0 Å². The lowest BCUT2D eigenvalue weighted by atomic mass is 10.1. The number of sulfonamides is 1. The molecule has 0 aromatic heterocycles. The molecular weight excluding hydrogens is 348 g/mol. The van der Waals surface area contributed by atoms with E-state index in [9.17, 15) is 13.2 Å². The first-order valence-corrected chi connectivity index (χ1v) is 10.2. The third-order valence-corrected chi connectivity index (χ3v) is 5.58. The Balaban J connectivity index is 2.05. The standard InChI is InChI=1S/C20H26N2O3S/c1-15(2)11-12-22-26(24,25)19-10-6-9-17(13-19)20(23)21-14-18-8-5-4-7-16(18)3/h4-10,13,15,22H,11-12,14H2,1-3H3,(H,21,23). The van der Waals surface area contributed by atoms with Gasteiger partial charge in [-0.2, -0.15) is 0 Å². The Labute approximate surface area is 155 Å². The van der Waals surface area contributed by atoms with Crippen molar-refractivity contribution in [2.75, 3.05) is 6.54 Å². The SMILES string of the molecule is Cc1ccccc1CNC(=O)c1cccc(S(=O)(=O)NCCC(C)C)c1. The molecule has 140 valence electrons. The second-order valence-electron chi connectivity index (χ2n) is 6.72. The molecule has 0 aliphatic carbocycles. The van der Waals surface area contributed by atoms with Gasteiger partial charge in [0.05, 0.1) is 4.90 Å². The number of nitrogens with one attached hydrogen (secondary N) is 2. The molecule has 0 aliphatic heterocycles. The van der Waals surface area contributed by atoms with Crippen molar-refractivity contribution in [3.05, 3.63) is 65.2 Å². The number of amides is 1. The van der Waals surface area contributed by atoms with Crippen LogP contribution in [-0.4, -0.2) is 20.9 Å². The van der Waals surface area contributed by atoms with Crippen molar-refractivity contribution in [1.82, 2.24) is 10.0 Å². The van der Waals surface area contributed by atoms with Crippen molar-refractivity contribution in [1.29, 1.82) is 0 Å². The van der Waals surface area contributed by atoms with E-state index in [1.165, 1.54) is 12.1 Å². The molecule has 0 atom stereocenters. The number of carbonyl (C=O) groups is 1. The summed E-state index contributed by atoms with van der Waals surface area (Å²) in [4.78, 5) is 12.5. The van der Waals surface area contributed by atoms with Gasteiger partial charge in [-0.25, -0.2) is 13.1 Å². The van der Waals surface area contributed by atoms with Gasteiger partial charge in [-0.1, -0.05) is 44.2 Å². The maximum absolute atomic E-state index is 12.4. The molecule has 0 fully saturated rings. The minimum Gasteiger partial charge on any atom is -0.348 e. The summed E-state index contributed by atoms with van der Waals surface area (Å²) in [7, 11) is -3.62. The van der Waals surface area contributed by atoms with E-state index in [0.29, 0.717) is 24.6 Å². The zero-order valence-electron chi connectivity index (χ0n) is 15.5. The summed E-state index contributed by atoms with van der Waals surface area (Å²) in [5, 5.41) is 2.84. The molecule has 0 saturated carbocycles. The van der Waals surface area contributed by atoms with Crippen LogP contribution in [0.4, 0.5) is 0 Å². The van der Waals surface area contributed by atoms with E-state index in [1.54, 1.807) is 12.1 Å². The van der Waals surface area contributed by atoms with E-state index in [1.807, 2.05) is 45.0 Å². The van der Waals surface area contributed by atoms with E-state index in [0.717, 1.165) is 17.5 Å². The predicted molar refractivity (Wildman–Crippen MR) is 103 cm³/mol. The van der Waals surface area contributed by atoms with Crippen LogP contribution in [0.15, 0.2) is 53.4 Å². The maximum Gasteiger partial charge on any atom is 0.251 e. The fourth-order valence-electron chi connectivity index (χ4n) is 2.46. The molecule has 0 heterocycles. The lowest BCUT2D eigenvalue weighted by Crippen LogP contribution is -2.27. The average molecular weight is 375 g/mol. The summed E-state index contributed by atoms with van der Waals surface area (Å²) in [6.45, 7) is 6.83. The molecule has 2 rings (SSSR count). The lowest BCUT2D eigenvalue weighted by molar-refractivity contribution is 0.0950. The molecule has 0 saturated heterocycles. The zero-order valence-corrected chi connectivity index (χ0v) is 16.3. The lowest BCUT2D eigenvalue weighted by Gasteiger charge is -2.10. The molecule has 0 unspecified atom stereocenters. The van der Waals surface area contributed by atoms with E-state index in [-0.39, 0.29) is 10.8 Å². The molecule has 1 amide bonds. The summed E-state index contributed by atoms with van der Waals surface area (Å²) in [5.74, 6) is 0.115. The molecule has 0 aliphatic rings. The van der Waals surface area contributed by atoms with Gasteiger partial charge < -0.3 is 5.32 Å². The van der Waals surface area contributed by atoms with Gasteiger partial charge in [-0.3, -0.25) is 4.79 Å². The Morgan fingerprint density at radius 3 is 2.50 bits per heavy atom. The summed E-state index contributed by atoms with van der Waals surface area (Å²) >= 11 is 0. The number of hydrogen-bond acceptors (Lipinski definition) is 3. The number of carbonyl (C=O) groups excluding carboxylic acids is 1. The molecule has 2 N–H and O–H groups in total. The van der Waals surface area contributed by atoms with Gasteiger partial charge in [-0.05, 0) is 48.6 Å². The fraction of sp³-hybridized carbons (Fsp3) is 0.350. The van der Waals surface area contributed by atoms with Crippen LogP contribution in [-0.2, 0) is 16.6 Å². The molecule has 0 bridgehead atoms. The molecule has 26 heavy (non-hydrogen) atoms. The highest BCUT2D eigenvalue weighted by atomic mass is 32.2. The molecule has 5 nitrogen and oxygen atoms in total. The summed E-state index contributed by atoms with van der Waals surface area (Å²) < 4.78 is 27.3. The van der Waals surface area contributed by atoms with Gasteiger partial charge in [0.25, 0.3) is 5.91 Å². The van der Waals surface area contributed by atoms with Gasteiger partial charge in [0.15, 0.2) is 0 Å². The highest BCUT2D eigenvalue weighted by Crippen LogP contribution is 2.13. The quantitative estimate of drug-likeness (QED) is 0.745. The van der Waals surface area contributed by atoms with Crippen molar-refractivity contribution in [3.8, 4) is 0 Å². The highest BCUT2D eigenvalue weighted by Gasteiger charge is 2.16. The van der Waals surface area contributed by atoms with Crippen molar-refractivity contribution < 1.29 is 13.2 Å². The second-order valence-corrected chi connectivity index (χ2v) is 8.48. The third-order valence-electron chi connectivity index (χ3n) is 4.12. The first-order valence-electron chi connectivity index (χ1n) is 8.72. The normalized spacial score (nSPS) is 11.5. The van der Waals surface area contributed by atoms with Crippen molar-refractivity contribution in [3.63, 3.8) is 0 Å². The van der Waals surface area contributed by atoms with Crippen LogP contribution in [0.2, 0.25) is 0 Å². The Hall–Kier alpha value is -2.18. The van der Waals surface area contributed by atoms with Gasteiger partial charge in [0.2, 0.25) is 10.0 Å². The Morgan fingerprint density at radius 1 is 1.08 bits per heavy atom. The largest absolute Gasteiger partial charge is 0.348 e. The smallest absolute Gasteiger partial charge is 0.251 e. The van der Waals surface area contributed by atoms with E-state index < -0.39 is 10.0 Å². The summed E-state index contributed by atoms with van der Waals surface area (Å²) in [6.07, 6.45) is 0.760. The average Bonchev–Trinajstić information content (AvgIpc) is 2.60. The minimum absolute atomic E-state index is 0.102. The van der Waals surface area contributed by atoms with E-state index in [2.05, 4.69) is 10.0 Å². The van der Waals surface area contributed by atoms with Crippen LogP contribution >= 0.6 is 0 Å². The maximum atomic E-state index is 12.4. The molecule has 0 radical (unpaired) electrons. The molecule has 6 heteroatoms. The van der Waals surface area contributed by atoms with E-state index in [4.69, 9.17) is 0 Å². The first kappa shape index (κ1) is 20.1. The molecule has 2 aromatic carbocycles. The number of rotatable bonds is 8. The Morgan fingerprint density at radius 2 is 1.81 bits per heavy atom. The zero-order chi connectivity index (χ0) is 19.2. The molecule has 0 spiro atoms. The molecular formula is C20H26N2O3S. The van der Waals surface area contributed by atoms with Crippen LogP contribution in [0.3, 0.4) is 0 Å². The minimum atomic E-state index is -3.62.